The van der Waals surface area contributed by atoms with Crippen molar-refractivity contribution in [1.82, 2.24) is 15.6 Å². The van der Waals surface area contributed by atoms with E-state index in [1.54, 1.807) is 23.6 Å². The van der Waals surface area contributed by atoms with Crippen LogP contribution in [0.5, 0.6) is 0 Å². The van der Waals surface area contributed by atoms with Gasteiger partial charge in [-0.25, -0.2) is 9.37 Å². The van der Waals surface area contributed by atoms with Crippen LogP contribution < -0.4 is 10.6 Å². The lowest BCUT2D eigenvalue weighted by Gasteiger charge is -2.09. The van der Waals surface area contributed by atoms with Gasteiger partial charge >= 0.3 is 0 Å². The first kappa shape index (κ1) is 19.8. The Morgan fingerprint density at radius 1 is 1.39 bits per heavy atom. The largest absolute Gasteiger partial charge is 0.347 e. The summed E-state index contributed by atoms with van der Waals surface area (Å²) in [4.78, 5) is 16.4. The fourth-order valence-electron chi connectivity index (χ4n) is 2.34. The molecule has 1 unspecified atom stereocenters. The van der Waals surface area contributed by atoms with Crippen molar-refractivity contribution in [2.75, 3.05) is 13.1 Å². The maximum absolute atomic E-state index is 13.6. The highest BCUT2D eigenvalue weighted by Crippen LogP contribution is 2.17. The zero-order valence-electron chi connectivity index (χ0n) is 12.3. The molecule has 23 heavy (non-hydrogen) atoms. The van der Waals surface area contributed by atoms with Crippen LogP contribution in [-0.2, 0) is 6.42 Å². The van der Waals surface area contributed by atoms with Crippen molar-refractivity contribution in [3.63, 3.8) is 0 Å². The Morgan fingerprint density at radius 3 is 2.87 bits per heavy atom. The molecule has 0 aliphatic carbocycles. The van der Waals surface area contributed by atoms with Gasteiger partial charge in [-0.1, -0.05) is 18.2 Å². The molecule has 2 N–H and O–H groups in total. The van der Waals surface area contributed by atoms with E-state index in [1.807, 2.05) is 0 Å². The first-order valence-corrected chi connectivity index (χ1v) is 7.80. The third-order valence-electron chi connectivity index (χ3n) is 3.48. The Kier molecular flexibility index (Phi) is 7.91. The zero-order chi connectivity index (χ0) is 14.7. The average molecular weight is 378 g/mol. The molecule has 1 aliphatic rings. The minimum absolute atomic E-state index is 0. The molecule has 1 atom stereocenters. The summed E-state index contributed by atoms with van der Waals surface area (Å²) >= 11 is 1.39. The number of hydrogen-bond donors (Lipinski definition) is 2. The van der Waals surface area contributed by atoms with Crippen LogP contribution in [0.2, 0.25) is 0 Å². The van der Waals surface area contributed by atoms with E-state index in [1.165, 1.54) is 17.4 Å². The number of aromatic nitrogens is 1. The number of halogens is 3. The number of thiazole rings is 1. The lowest BCUT2D eigenvalue weighted by molar-refractivity contribution is 0.0935. The summed E-state index contributed by atoms with van der Waals surface area (Å²) in [6, 6.07) is 6.81. The van der Waals surface area contributed by atoms with Crippen molar-refractivity contribution in [1.29, 1.82) is 0 Å². The quantitative estimate of drug-likeness (QED) is 0.861. The summed E-state index contributed by atoms with van der Waals surface area (Å²) in [6.45, 7) is 1.73. The molecule has 0 saturated carbocycles. The zero-order valence-corrected chi connectivity index (χ0v) is 14.7. The van der Waals surface area contributed by atoms with E-state index in [-0.39, 0.29) is 42.6 Å². The topological polar surface area (TPSA) is 54.0 Å². The number of benzene rings is 1. The van der Waals surface area contributed by atoms with Crippen LogP contribution in [-0.4, -0.2) is 30.0 Å². The molecule has 1 amide bonds. The molecule has 0 spiro atoms. The first-order valence-electron chi connectivity index (χ1n) is 6.92. The van der Waals surface area contributed by atoms with Gasteiger partial charge in [0.25, 0.3) is 5.91 Å². The van der Waals surface area contributed by atoms with Crippen molar-refractivity contribution in [2.45, 2.75) is 18.9 Å². The monoisotopic (exact) mass is 377 g/mol. The SMILES string of the molecule is Cl.Cl.O=C(NC1CCNC1)c1csc(Cc2ccccc2F)n1. The van der Waals surface area contributed by atoms with Gasteiger partial charge in [0, 0.05) is 24.4 Å². The van der Waals surface area contributed by atoms with Crippen LogP contribution in [0.25, 0.3) is 0 Å². The average Bonchev–Trinajstić information content (AvgIpc) is 3.13. The highest BCUT2D eigenvalue weighted by molar-refractivity contribution is 7.09. The molecule has 0 bridgehead atoms. The van der Waals surface area contributed by atoms with Gasteiger partial charge in [-0.05, 0) is 24.6 Å². The molecule has 1 aromatic heterocycles. The van der Waals surface area contributed by atoms with E-state index in [2.05, 4.69) is 15.6 Å². The number of carbonyl (C=O) groups excluding carboxylic acids is 1. The molecule has 4 nitrogen and oxygen atoms in total. The molecule has 0 radical (unpaired) electrons. The molecule has 1 aromatic carbocycles. The van der Waals surface area contributed by atoms with Gasteiger partial charge in [0.2, 0.25) is 0 Å². The Morgan fingerprint density at radius 2 is 2.17 bits per heavy atom. The molecule has 2 aromatic rings. The number of rotatable bonds is 4. The van der Waals surface area contributed by atoms with Gasteiger partial charge in [-0.3, -0.25) is 4.79 Å². The van der Waals surface area contributed by atoms with Crippen molar-refractivity contribution in [2.24, 2.45) is 0 Å². The van der Waals surface area contributed by atoms with Crippen molar-refractivity contribution < 1.29 is 9.18 Å². The maximum atomic E-state index is 13.6. The highest BCUT2D eigenvalue weighted by atomic mass is 35.5. The van der Waals surface area contributed by atoms with Gasteiger partial charge in [-0.15, -0.1) is 36.2 Å². The lowest BCUT2D eigenvalue weighted by Crippen LogP contribution is -2.36. The second kappa shape index (κ2) is 9.17. The first-order chi connectivity index (χ1) is 10.2. The van der Waals surface area contributed by atoms with Crippen LogP contribution in [0.1, 0.15) is 27.5 Å². The summed E-state index contributed by atoms with van der Waals surface area (Å²) < 4.78 is 13.6. The van der Waals surface area contributed by atoms with Gasteiger partial charge in [0.15, 0.2) is 0 Å². The third kappa shape index (κ3) is 5.14. The van der Waals surface area contributed by atoms with E-state index < -0.39 is 0 Å². The van der Waals surface area contributed by atoms with Crippen LogP contribution in [0.3, 0.4) is 0 Å². The van der Waals surface area contributed by atoms with E-state index in [0.717, 1.165) is 24.5 Å². The molecular weight excluding hydrogens is 360 g/mol. The van der Waals surface area contributed by atoms with Crippen LogP contribution in [0, 0.1) is 5.82 Å². The number of nitrogens with zero attached hydrogens (tertiary/aromatic N) is 1. The lowest BCUT2D eigenvalue weighted by atomic mass is 10.1. The molecule has 1 fully saturated rings. The number of carbonyl (C=O) groups is 1. The molecule has 1 saturated heterocycles. The normalized spacial score (nSPS) is 16.3. The van der Waals surface area contributed by atoms with Crippen LogP contribution in [0.15, 0.2) is 29.6 Å². The van der Waals surface area contributed by atoms with Crippen LogP contribution in [0.4, 0.5) is 4.39 Å². The van der Waals surface area contributed by atoms with E-state index in [0.29, 0.717) is 17.7 Å². The Bertz CT molecular complexity index is 647. The third-order valence-corrected chi connectivity index (χ3v) is 4.33. The summed E-state index contributed by atoms with van der Waals surface area (Å²) in [7, 11) is 0. The Hall–Kier alpha value is -1.21. The predicted molar refractivity (Wildman–Crippen MR) is 94.6 cm³/mol. The number of nitrogens with one attached hydrogen (secondary N) is 2. The van der Waals surface area contributed by atoms with Gasteiger partial charge < -0.3 is 10.6 Å². The molecule has 3 rings (SSSR count). The highest BCUT2D eigenvalue weighted by Gasteiger charge is 2.19. The second-order valence-electron chi connectivity index (χ2n) is 5.06. The molecule has 126 valence electrons. The summed E-state index contributed by atoms with van der Waals surface area (Å²) in [5.41, 5.74) is 1.01. The number of hydrogen-bond acceptors (Lipinski definition) is 4. The molecule has 8 heteroatoms. The Labute approximate surface area is 150 Å². The summed E-state index contributed by atoms with van der Waals surface area (Å²) in [5, 5.41) is 8.63. The van der Waals surface area contributed by atoms with Gasteiger partial charge in [0.1, 0.15) is 11.5 Å². The van der Waals surface area contributed by atoms with E-state index >= 15 is 0 Å². The summed E-state index contributed by atoms with van der Waals surface area (Å²) in [6.07, 6.45) is 1.35. The van der Waals surface area contributed by atoms with Gasteiger partial charge in [0.05, 0.1) is 5.01 Å². The Balaban J connectivity index is 0.00000132. The van der Waals surface area contributed by atoms with Crippen LogP contribution >= 0.6 is 36.2 Å². The smallest absolute Gasteiger partial charge is 0.271 e. The standard InChI is InChI=1S/C15H16FN3OS.2ClH/c16-12-4-2-1-3-10(12)7-14-19-13(9-21-14)15(20)18-11-5-6-17-8-11;;/h1-4,9,11,17H,5-8H2,(H,18,20);2*1H. The van der Waals surface area contributed by atoms with Crippen molar-refractivity contribution in [3.8, 4) is 0 Å². The van der Waals surface area contributed by atoms with Crippen molar-refractivity contribution >= 4 is 42.1 Å². The fraction of sp³-hybridized carbons (Fsp3) is 0.333. The minimum atomic E-state index is -0.240. The maximum Gasteiger partial charge on any atom is 0.271 e. The van der Waals surface area contributed by atoms with Crippen molar-refractivity contribution in [3.05, 3.63) is 51.7 Å². The van der Waals surface area contributed by atoms with E-state index in [4.69, 9.17) is 0 Å². The van der Waals surface area contributed by atoms with E-state index in [9.17, 15) is 9.18 Å². The molecule has 1 aliphatic heterocycles. The molecule has 2 heterocycles. The predicted octanol–water partition coefficient (Wildman–Crippen LogP) is 2.81. The molecular formula is C15H18Cl2FN3OS. The number of amides is 1. The second-order valence-corrected chi connectivity index (χ2v) is 6.00. The summed E-state index contributed by atoms with van der Waals surface area (Å²) in [5.74, 6) is -0.393. The van der Waals surface area contributed by atoms with Gasteiger partial charge in [-0.2, -0.15) is 0 Å². The fourth-order valence-corrected chi connectivity index (χ4v) is 3.14. The minimum Gasteiger partial charge on any atom is -0.347 e.